The molecule has 1 rings (SSSR count). The number of aromatic nitrogens is 1. The van der Waals surface area contributed by atoms with E-state index in [1.54, 1.807) is 0 Å². The zero-order valence-corrected chi connectivity index (χ0v) is 9.59. The predicted octanol–water partition coefficient (Wildman–Crippen LogP) is 2.64. The van der Waals surface area contributed by atoms with Gasteiger partial charge in [0, 0.05) is 25.5 Å². The lowest BCUT2D eigenvalue weighted by Gasteiger charge is -2.05. The molecule has 0 bridgehead atoms. The second kappa shape index (κ2) is 5.86. The maximum Gasteiger partial charge on any atom is 0.0219 e. The Morgan fingerprint density at radius 3 is 2.86 bits per heavy atom. The second-order valence-corrected chi connectivity index (χ2v) is 4.32. The van der Waals surface area contributed by atoms with Crippen molar-refractivity contribution in [2.24, 2.45) is 5.92 Å². The smallest absolute Gasteiger partial charge is 0.0219 e. The number of nitrogens with one attached hydrogen (secondary N) is 1. The maximum atomic E-state index is 3.16. The lowest BCUT2D eigenvalue weighted by molar-refractivity contribution is 0.512. The Morgan fingerprint density at radius 1 is 1.43 bits per heavy atom. The summed E-state index contributed by atoms with van der Waals surface area (Å²) in [6, 6.07) is 2.19. The van der Waals surface area contributed by atoms with Crippen LogP contribution < -0.4 is 5.32 Å². The molecule has 0 unspecified atom stereocenters. The van der Waals surface area contributed by atoms with Crippen LogP contribution in [0.5, 0.6) is 0 Å². The standard InChI is InChI=1S/C12H22N2/c1-11(2)5-4-7-14-8-6-12(10-14)9-13-3/h6,8,10-11,13H,4-5,7,9H2,1-3H3. The maximum absolute atomic E-state index is 3.16. The van der Waals surface area contributed by atoms with Gasteiger partial charge in [0.15, 0.2) is 0 Å². The van der Waals surface area contributed by atoms with Crippen LogP contribution in [0.15, 0.2) is 18.5 Å². The molecule has 14 heavy (non-hydrogen) atoms. The molecule has 1 heterocycles. The third kappa shape index (κ3) is 3.97. The van der Waals surface area contributed by atoms with Gasteiger partial charge < -0.3 is 9.88 Å². The average Bonchev–Trinajstić information content (AvgIpc) is 2.53. The molecule has 0 amide bonds. The molecule has 0 aliphatic rings. The van der Waals surface area contributed by atoms with Crippen molar-refractivity contribution in [2.75, 3.05) is 7.05 Å². The van der Waals surface area contributed by atoms with Crippen LogP contribution in [0.25, 0.3) is 0 Å². The van der Waals surface area contributed by atoms with Crippen molar-refractivity contribution in [1.82, 2.24) is 9.88 Å². The summed E-state index contributed by atoms with van der Waals surface area (Å²) in [7, 11) is 1.98. The van der Waals surface area contributed by atoms with E-state index in [-0.39, 0.29) is 0 Å². The van der Waals surface area contributed by atoms with Gasteiger partial charge in [0.1, 0.15) is 0 Å². The highest BCUT2D eigenvalue weighted by Crippen LogP contribution is 2.07. The van der Waals surface area contributed by atoms with E-state index in [0.29, 0.717) is 0 Å². The first kappa shape index (κ1) is 11.3. The normalized spacial score (nSPS) is 11.1. The molecule has 0 saturated carbocycles. The Balaban J connectivity index is 2.28. The molecule has 0 aromatic carbocycles. The largest absolute Gasteiger partial charge is 0.354 e. The van der Waals surface area contributed by atoms with Crippen LogP contribution in [0, 0.1) is 5.92 Å². The summed E-state index contributed by atoms with van der Waals surface area (Å²) in [4.78, 5) is 0. The number of hydrogen-bond donors (Lipinski definition) is 1. The van der Waals surface area contributed by atoms with Crippen molar-refractivity contribution >= 4 is 0 Å². The van der Waals surface area contributed by atoms with Crippen molar-refractivity contribution in [3.05, 3.63) is 24.0 Å². The van der Waals surface area contributed by atoms with Crippen molar-refractivity contribution in [3.63, 3.8) is 0 Å². The van der Waals surface area contributed by atoms with E-state index in [2.05, 4.69) is 42.2 Å². The van der Waals surface area contributed by atoms with Gasteiger partial charge in [-0.25, -0.2) is 0 Å². The molecule has 2 nitrogen and oxygen atoms in total. The van der Waals surface area contributed by atoms with Gasteiger partial charge in [-0.3, -0.25) is 0 Å². The third-order valence-corrected chi connectivity index (χ3v) is 2.39. The molecule has 0 saturated heterocycles. The summed E-state index contributed by atoms with van der Waals surface area (Å²) >= 11 is 0. The van der Waals surface area contributed by atoms with Gasteiger partial charge >= 0.3 is 0 Å². The molecule has 0 fully saturated rings. The van der Waals surface area contributed by atoms with Crippen molar-refractivity contribution in [2.45, 2.75) is 39.8 Å². The van der Waals surface area contributed by atoms with E-state index in [1.165, 1.54) is 18.4 Å². The van der Waals surface area contributed by atoms with Crippen LogP contribution in [0.2, 0.25) is 0 Å². The van der Waals surface area contributed by atoms with E-state index in [0.717, 1.165) is 19.0 Å². The van der Waals surface area contributed by atoms with Gasteiger partial charge in [-0.05, 0) is 37.4 Å². The third-order valence-electron chi connectivity index (χ3n) is 2.39. The minimum Gasteiger partial charge on any atom is -0.354 e. The Labute approximate surface area is 87.3 Å². The minimum absolute atomic E-state index is 0.822. The number of nitrogens with zero attached hydrogens (tertiary/aromatic N) is 1. The second-order valence-electron chi connectivity index (χ2n) is 4.32. The zero-order chi connectivity index (χ0) is 10.4. The van der Waals surface area contributed by atoms with Crippen LogP contribution in [0.3, 0.4) is 0 Å². The summed E-state index contributed by atoms with van der Waals surface area (Å²) in [5, 5.41) is 3.16. The quantitative estimate of drug-likeness (QED) is 0.736. The summed E-state index contributed by atoms with van der Waals surface area (Å²) < 4.78 is 2.29. The van der Waals surface area contributed by atoms with Crippen LogP contribution in [-0.2, 0) is 13.1 Å². The first-order valence-corrected chi connectivity index (χ1v) is 5.51. The van der Waals surface area contributed by atoms with Crippen molar-refractivity contribution < 1.29 is 0 Å². The van der Waals surface area contributed by atoms with Crippen molar-refractivity contribution in [3.8, 4) is 0 Å². The average molecular weight is 194 g/mol. The fraction of sp³-hybridized carbons (Fsp3) is 0.667. The van der Waals surface area contributed by atoms with Gasteiger partial charge in [-0.2, -0.15) is 0 Å². The van der Waals surface area contributed by atoms with Crippen LogP contribution in [0.1, 0.15) is 32.3 Å². The van der Waals surface area contributed by atoms with E-state index in [9.17, 15) is 0 Å². The summed E-state index contributed by atoms with van der Waals surface area (Å²) in [6.45, 7) is 6.68. The van der Waals surface area contributed by atoms with Crippen LogP contribution >= 0.6 is 0 Å². The summed E-state index contributed by atoms with van der Waals surface area (Å²) in [5.41, 5.74) is 1.37. The molecule has 2 heteroatoms. The molecular formula is C12H22N2. The van der Waals surface area contributed by atoms with E-state index in [1.807, 2.05) is 7.05 Å². The minimum atomic E-state index is 0.822. The Bertz CT molecular complexity index is 251. The lowest BCUT2D eigenvalue weighted by Crippen LogP contribution is -2.04. The Morgan fingerprint density at radius 2 is 2.21 bits per heavy atom. The highest BCUT2D eigenvalue weighted by atomic mass is 14.9. The fourth-order valence-electron chi connectivity index (χ4n) is 1.62. The summed E-state index contributed by atoms with van der Waals surface area (Å²) in [6.07, 6.45) is 7.01. The number of rotatable bonds is 6. The van der Waals surface area contributed by atoms with Crippen LogP contribution in [-0.4, -0.2) is 11.6 Å². The molecule has 0 spiro atoms. The van der Waals surface area contributed by atoms with Gasteiger partial charge in [0.25, 0.3) is 0 Å². The fourth-order valence-corrected chi connectivity index (χ4v) is 1.62. The zero-order valence-electron chi connectivity index (χ0n) is 9.59. The summed E-state index contributed by atoms with van der Waals surface area (Å²) in [5.74, 6) is 0.822. The van der Waals surface area contributed by atoms with Gasteiger partial charge in [0.05, 0.1) is 0 Å². The topological polar surface area (TPSA) is 17.0 Å². The lowest BCUT2D eigenvalue weighted by atomic mass is 10.1. The first-order valence-electron chi connectivity index (χ1n) is 5.51. The van der Waals surface area contributed by atoms with Gasteiger partial charge in [0.2, 0.25) is 0 Å². The molecule has 1 aromatic rings. The van der Waals surface area contributed by atoms with Crippen molar-refractivity contribution in [1.29, 1.82) is 0 Å². The molecule has 0 aliphatic carbocycles. The van der Waals surface area contributed by atoms with Crippen LogP contribution in [0.4, 0.5) is 0 Å². The molecule has 80 valence electrons. The highest BCUT2D eigenvalue weighted by Gasteiger charge is 1.97. The monoisotopic (exact) mass is 194 g/mol. The molecule has 1 N–H and O–H groups in total. The highest BCUT2D eigenvalue weighted by molar-refractivity contribution is 5.09. The molecule has 0 atom stereocenters. The Kier molecular flexibility index (Phi) is 4.74. The number of aryl methyl sites for hydroxylation is 1. The number of hydrogen-bond acceptors (Lipinski definition) is 1. The molecule has 0 aliphatic heterocycles. The predicted molar refractivity (Wildman–Crippen MR) is 61.3 cm³/mol. The van der Waals surface area contributed by atoms with Gasteiger partial charge in [-0.1, -0.05) is 13.8 Å². The molecule has 0 radical (unpaired) electrons. The van der Waals surface area contributed by atoms with E-state index < -0.39 is 0 Å². The molecular weight excluding hydrogens is 172 g/mol. The Hall–Kier alpha value is -0.760. The molecule has 1 aromatic heterocycles. The first-order chi connectivity index (χ1) is 6.72. The SMILES string of the molecule is CNCc1ccn(CCCC(C)C)c1. The van der Waals surface area contributed by atoms with E-state index in [4.69, 9.17) is 0 Å². The van der Waals surface area contributed by atoms with E-state index >= 15 is 0 Å². The van der Waals surface area contributed by atoms with Gasteiger partial charge in [-0.15, -0.1) is 0 Å².